The van der Waals surface area contributed by atoms with E-state index in [-0.39, 0.29) is 18.2 Å². The maximum Gasteiger partial charge on any atom is 0.238 e. The Hall–Kier alpha value is -4.18. The Morgan fingerprint density at radius 1 is 0.923 bits per heavy atom. The van der Waals surface area contributed by atoms with Gasteiger partial charge in [0.15, 0.2) is 16.7 Å². The van der Waals surface area contributed by atoms with Crippen LogP contribution in [0.25, 0.3) is 0 Å². The van der Waals surface area contributed by atoms with Crippen LogP contribution >= 0.6 is 11.8 Å². The Morgan fingerprint density at radius 2 is 1.67 bits per heavy atom. The number of nitrogens with zero attached hydrogens (tertiary/aromatic N) is 2. The molecule has 1 aliphatic heterocycles. The van der Waals surface area contributed by atoms with E-state index >= 15 is 0 Å². The normalized spacial score (nSPS) is 16.1. The van der Waals surface area contributed by atoms with Gasteiger partial charge in [-0.1, -0.05) is 23.9 Å². The van der Waals surface area contributed by atoms with Crippen LogP contribution in [0.15, 0.2) is 71.7 Å². The van der Waals surface area contributed by atoms with E-state index in [0.717, 1.165) is 5.56 Å². The Morgan fingerprint density at radius 3 is 2.36 bits per heavy atom. The van der Waals surface area contributed by atoms with E-state index in [2.05, 4.69) is 5.32 Å². The molecule has 1 N–H and O–H groups in total. The van der Waals surface area contributed by atoms with E-state index in [4.69, 9.17) is 23.9 Å². The van der Waals surface area contributed by atoms with Crippen molar-refractivity contribution < 1.29 is 28.5 Å². The summed E-state index contributed by atoms with van der Waals surface area (Å²) >= 11 is 1.27. The SMILES string of the molecule is COc1ccc(N=C2SC(C(=O)Nc3cccc(OC)c3)CC(=O)N2CCc2ccc(OC)c(OC)c2)cc1. The van der Waals surface area contributed by atoms with E-state index in [1.807, 2.05) is 30.3 Å². The molecule has 4 rings (SSSR count). The lowest BCUT2D eigenvalue weighted by molar-refractivity contribution is -0.129. The summed E-state index contributed by atoms with van der Waals surface area (Å²) in [5.41, 5.74) is 2.22. The molecule has 3 aromatic rings. The van der Waals surface area contributed by atoms with Crippen molar-refractivity contribution in [2.24, 2.45) is 4.99 Å². The minimum atomic E-state index is -0.641. The van der Waals surface area contributed by atoms with Gasteiger partial charge >= 0.3 is 0 Å². The first-order chi connectivity index (χ1) is 18.9. The van der Waals surface area contributed by atoms with Gasteiger partial charge in [-0.15, -0.1) is 0 Å². The zero-order valence-electron chi connectivity index (χ0n) is 22.3. The molecule has 0 aliphatic carbocycles. The number of nitrogens with one attached hydrogen (secondary N) is 1. The number of amides is 2. The van der Waals surface area contributed by atoms with Crippen molar-refractivity contribution in [2.75, 3.05) is 40.3 Å². The highest BCUT2D eigenvalue weighted by atomic mass is 32.2. The molecule has 1 heterocycles. The summed E-state index contributed by atoms with van der Waals surface area (Å²) in [5, 5.41) is 2.71. The van der Waals surface area contributed by atoms with Gasteiger partial charge in [0, 0.05) is 24.7 Å². The summed E-state index contributed by atoms with van der Waals surface area (Å²) in [6.45, 7) is 0.389. The van der Waals surface area contributed by atoms with Crippen LogP contribution < -0.4 is 24.3 Å². The van der Waals surface area contributed by atoms with Crippen LogP contribution in [0.4, 0.5) is 11.4 Å². The fourth-order valence-corrected chi connectivity index (χ4v) is 5.15. The molecule has 10 heteroatoms. The van der Waals surface area contributed by atoms with Crippen molar-refractivity contribution in [3.8, 4) is 23.0 Å². The predicted octanol–water partition coefficient (Wildman–Crippen LogP) is 4.92. The standard InChI is InChI=1S/C29H31N3O6S/c1-35-22-11-9-20(10-12-22)31-29-32(15-14-19-8-13-24(37-3)25(16-19)38-4)27(33)18-26(39-29)28(34)30-21-6-5-7-23(17-21)36-2/h5-13,16-17,26H,14-15,18H2,1-4H3,(H,30,34). The second kappa shape index (κ2) is 13.1. The molecule has 1 atom stereocenters. The smallest absolute Gasteiger partial charge is 0.238 e. The van der Waals surface area contributed by atoms with Gasteiger partial charge in [-0.2, -0.15) is 0 Å². The van der Waals surface area contributed by atoms with Crippen molar-refractivity contribution in [3.05, 3.63) is 72.3 Å². The van der Waals surface area contributed by atoms with Gasteiger partial charge in [0.2, 0.25) is 11.8 Å². The molecule has 0 bridgehead atoms. The molecule has 9 nitrogen and oxygen atoms in total. The van der Waals surface area contributed by atoms with Crippen LogP contribution in [-0.2, 0) is 16.0 Å². The quantitative estimate of drug-likeness (QED) is 0.383. The number of ether oxygens (including phenoxy) is 4. The highest BCUT2D eigenvalue weighted by molar-refractivity contribution is 8.15. The van der Waals surface area contributed by atoms with Crippen LogP contribution in [-0.4, -0.2) is 62.1 Å². The average Bonchev–Trinajstić information content (AvgIpc) is 2.96. The number of benzene rings is 3. The van der Waals surface area contributed by atoms with E-state index in [9.17, 15) is 9.59 Å². The zero-order valence-corrected chi connectivity index (χ0v) is 23.1. The number of methoxy groups -OCH3 is 4. The maximum atomic E-state index is 13.4. The van der Waals surface area contributed by atoms with Crippen LogP contribution in [0.1, 0.15) is 12.0 Å². The maximum absolute atomic E-state index is 13.4. The van der Waals surface area contributed by atoms with Gasteiger partial charge < -0.3 is 24.3 Å². The van der Waals surface area contributed by atoms with Gasteiger partial charge in [-0.25, -0.2) is 4.99 Å². The molecule has 0 spiro atoms. The average molecular weight is 550 g/mol. The molecular formula is C29H31N3O6S. The van der Waals surface area contributed by atoms with Crippen molar-refractivity contribution >= 4 is 40.1 Å². The summed E-state index contributed by atoms with van der Waals surface area (Å²) in [6, 6.07) is 20.0. The number of rotatable bonds is 10. The number of hydrogen-bond acceptors (Lipinski definition) is 8. The van der Waals surface area contributed by atoms with Gasteiger partial charge in [0.1, 0.15) is 16.7 Å². The molecule has 1 saturated heterocycles. The second-order valence-electron chi connectivity index (χ2n) is 8.61. The first-order valence-corrected chi connectivity index (χ1v) is 13.2. The molecule has 3 aromatic carbocycles. The van der Waals surface area contributed by atoms with Crippen molar-refractivity contribution in [1.82, 2.24) is 4.90 Å². The molecule has 1 fully saturated rings. The summed E-state index contributed by atoms with van der Waals surface area (Å²) < 4.78 is 21.2. The lowest BCUT2D eigenvalue weighted by atomic mass is 10.1. The van der Waals surface area contributed by atoms with Crippen LogP contribution in [0, 0.1) is 0 Å². The largest absolute Gasteiger partial charge is 0.497 e. The summed E-state index contributed by atoms with van der Waals surface area (Å²) in [4.78, 5) is 32.9. The number of thioether (sulfide) groups is 1. The summed E-state index contributed by atoms with van der Waals surface area (Å²) in [5.74, 6) is 2.14. The molecule has 0 aromatic heterocycles. The molecular weight excluding hydrogens is 518 g/mol. The van der Waals surface area contributed by atoms with Crippen LogP contribution in [0.5, 0.6) is 23.0 Å². The third kappa shape index (κ3) is 7.02. The van der Waals surface area contributed by atoms with Gasteiger partial charge in [-0.3, -0.25) is 14.5 Å². The lowest BCUT2D eigenvalue weighted by Crippen LogP contribution is -2.46. The topological polar surface area (TPSA) is 98.7 Å². The Bertz CT molecular complexity index is 1350. The number of carbonyl (C=O) groups excluding carboxylic acids is 2. The van der Waals surface area contributed by atoms with Crippen LogP contribution in [0.3, 0.4) is 0 Å². The number of anilines is 1. The highest BCUT2D eigenvalue weighted by Gasteiger charge is 2.36. The second-order valence-corrected chi connectivity index (χ2v) is 9.78. The Labute approximate surface area is 232 Å². The van der Waals surface area contributed by atoms with E-state index in [1.165, 1.54) is 11.8 Å². The third-order valence-electron chi connectivity index (χ3n) is 6.14. The molecule has 0 radical (unpaired) electrons. The Balaban J connectivity index is 1.56. The van der Waals surface area contributed by atoms with Gasteiger partial charge in [-0.05, 0) is 60.5 Å². The highest BCUT2D eigenvalue weighted by Crippen LogP contribution is 2.32. The van der Waals surface area contributed by atoms with Gasteiger partial charge in [0.25, 0.3) is 0 Å². The van der Waals surface area contributed by atoms with E-state index in [1.54, 1.807) is 69.7 Å². The fourth-order valence-electron chi connectivity index (χ4n) is 4.03. The van der Waals surface area contributed by atoms with Gasteiger partial charge in [0.05, 0.1) is 34.1 Å². The molecule has 1 aliphatic rings. The Kier molecular flexibility index (Phi) is 9.32. The monoisotopic (exact) mass is 549 g/mol. The fraction of sp³-hybridized carbons (Fsp3) is 0.276. The van der Waals surface area contributed by atoms with E-state index in [0.29, 0.717) is 52.5 Å². The first kappa shape index (κ1) is 27.8. The number of aliphatic imine (C=N–C) groups is 1. The predicted molar refractivity (Wildman–Crippen MR) is 153 cm³/mol. The molecule has 2 amide bonds. The first-order valence-electron chi connectivity index (χ1n) is 12.3. The number of amidine groups is 1. The minimum absolute atomic E-state index is 0.0496. The molecule has 0 saturated carbocycles. The molecule has 204 valence electrons. The minimum Gasteiger partial charge on any atom is -0.497 e. The van der Waals surface area contributed by atoms with Crippen molar-refractivity contribution in [1.29, 1.82) is 0 Å². The van der Waals surface area contributed by atoms with Crippen molar-refractivity contribution in [2.45, 2.75) is 18.1 Å². The number of carbonyl (C=O) groups is 2. The lowest BCUT2D eigenvalue weighted by Gasteiger charge is -2.32. The molecule has 39 heavy (non-hydrogen) atoms. The zero-order chi connectivity index (χ0) is 27.8. The van der Waals surface area contributed by atoms with Crippen molar-refractivity contribution in [3.63, 3.8) is 0 Å². The molecule has 1 unspecified atom stereocenters. The van der Waals surface area contributed by atoms with Crippen LogP contribution in [0.2, 0.25) is 0 Å². The summed E-state index contributed by atoms with van der Waals surface area (Å²) in [7, 11) is 6.33. The van der Waals surface area contributed by atoms with E-state index < -0.39 is 5.25 Å². The summed E-state index contributed by atoms with van der Waals surface area (Å²) in [6.07, 6.45) is 0.614. The number of hydrogen-bond donors (Lipinski definition) is 1. The third-order valence-corrected chi connectivity index (χ3v) is 7.33.